The van der Waals surface area contributed by atoms with Crippen LogP contribution in [0.5, 0.6) is 0 Å². The number of hydrogen-bond donors (Lipinski definition) is 2. The van der Waals surface area contributed by atoms with E-state index in [0.29, 0.717) is 11.2 Å². The number of rotatable bonds is 11. The van der Waals surface area contributed by atoms with Crippen molar-refractivity contribution in [2.24, 2.45) is 5.92 Å². The molecule has 3 aromatic heterocycles. The number of carbonyl (C=O) groups excluding carboxylic acids is 4. The molecular weight excluding hydrogens is 574 g/mol. The van der Waals surface area contributed by atoms with E-state index < -0.39 is 23.8 Å². The Morgan fingerprint density at radius 2 is 1.64 bits per heavy atom. The van der Waals surface area contributed by atoms with Crippen LogP contribution in [-0.4, -0.2) is 46.2 Å². The largest absolute Gasteiger partial charge is 0.457 e. The second kappa shape index (κ2) is 12.9. The Morgan fingerprint density at radius 3 is 2.33 bits per heavy atom. The van der Waals surface area contributed by atoms with Crippen molar-refractivity contribution in [1.82, 2.24) is 20.0 Å². The van der Waals surface area contributed by atoms with Gasteiger partial charge in [0.05, 0.1) is 12.1 Å². The summed E-state index contributed by atoms with van der Waals surface area (Å²) in [6.45, 7) is 0.276. The molecule has 3 amide bonds. The molecule has 0 bridgehead atoms. The van der Waals surface area contributed by atoms with Gasteiger partial charge in [-0.25, -0.2) is 9.78 Å². The van der Waals surface area contributed by atoms with E-state index in [-0.39, 0.29) is 42.3 Å². The molecule has 0 aliphatic heterocycles. The van der Waals surface area contributed by atoms with Gasteiger partial charge in [-0.3, -0.25) is 19.3 Å². The molecular formula is C34H31N5O6. The summed E-state index contributed by atoms with van der Waals surface area (Å²) in [5, 5.41) is 5.35. The highest BCUT2D eigenvalue weighted by Gasteiger charge is 2.37. The van der Waals surface area contributed by atoms with Crippen molar-refractivity contribution in [2.75, 3.05) is 11.9 Å². The summed E-state index contributed by atoms with van der Waals surface area (Å²) in [6, 6.07) is 24.3. The van der Waals surface area contributed by atoms with Crippen LogP contribution in [0.25, 0.3) is 5.65 Å². The molecule has 1 atom stereocenters. The fraction of sp³-hybridized carbons (Fsp3) is 0.206. The molecule has 228 valence electrons. The van der Waals surface area contributed by atoms with Crippen LogP contribution in [-0.2, 0) is 22.7 Å². The summed E-state index contributed by atoms with van der Waals surface area (Å²) in [5.74, 6) is -1.60. The van der Waals surface area contributed by atoms with E-state index in [2.05, 4.69) is 15.6 Å². The Bertz CT molecular complexity index is 1840. The van der Waals surface area contributed by atoms with Crippen LogP contribution in [0.4, 0.5) is 5.88 Å². The minimum Gasteiger partial charge on any atom is -0.457 e. The highest BCUT2D eigenvalue weighted by Crippen LogP contribution is 2.33. The van der Waals surface area contributed by atoms with Gasteiger partial charge >= 0.3 is 5.97 Å². The molecule has 45 heavy (non-hydrogen) atoms. The predicted molar refractivity (Wildman–Crippen MR) is 164 cm³/mol. The highest BCUT2D eigenvalue weighted by molar-refractivity contribution is 6.05. The van der Waals surface area contributed by atoms with Gasteiger partial charge in [-0.15, -0.1) is 0 Å². The zero-order chi connectivity index (χ0) is 31.3. The number of fused-ring (bicyclic) bond motifs is 1. The van der Waals surface area contributed by atoms with E-state index >= 15 is 0 Å². The van der Waals surface area contributed by atoms with E-state index in [9.17, 15) is 19.2 Å². The van der Waals surface area contributed by atoms with Crippen molar-refractivity contribution in [1.29, 1.82) is 0 Å². The van der Waals surface area contributed by atoms with E-state index in [4.69, 9.17) is 9.15 Å². The number of ether oxygens (including phenoxy) is 1. The number of hydrogen-bond acceptors (Lipinski definition) is 7. The van der Waals surface area contributed by atoms with Crippen LogP contribution < -0.4 is 15.5 Å². The molecule has 2 N–H and O–H groups in total. The minimum atomic E-state index is -0.656. The highest BCUT2D eigenvalue weighted by atomic mass is 16.5. The molecule has 1 fully saturated rings. The minimum absolute atomic E-state index is 0.0286. The number of imidazole rings is 1. The molecule has 11 heteroatoms. The first kappa shape index (κ1) is 29.4. The van der Waals surface area contributed by atoms with Crippen LogP contribution in [0.2, 0.25) is 0 Å². The third kappa shape index (κ3) is 6.77. The molecule has 6 rings (SSSR count). The lowest BCUT2D eigenvalue weighted by Gasteiger charge is -2.19. The molecule has 1 saturated carbocycles. The molecule has 3 heterocycles. The molecule has 0 spiro atoms. The molecule has 1 aliphatic carbocycles. The summed E-state index contributed by atoms with van der Waals surface area (Å²) in [7, 11) is 1.53. The van der Waals surface area contributed by atoms with Crippen LogP contribution in [0.15, 0.2) is 102 Å². The number of benzene rings is 2. The number of furan rings is 1. The average Bonchev–Trinajstić information content (AvgIpc) is 3.63. The van der Waals surface area contributed by atoms with Crippen LogP contribution in [0, 0.1) is 5.92 Å². The van der Waals surface area contributed by atoms with E-state index in [0.717, 1.165) is 24.0 Å². The van der Waals surface area contributed by atoms with E-state index in [1.165, 1.54) is 24.2 Å². The molecule has 5 aromatic rings. The molecule has 0 radical (unpaired) electrons. The van der Waals surface area contributed by atoms with E-state index in [1.807, 2.05) is 60.7 Å². The van der Waals surface area contributed by atoms with Gasteiger partial charge in [0.15, 0.2) is 5.76 Å². The predicted octanol–water partition coefficient (Wildman–Crippen LogP) is 4.39. The number of carbonyl (C=O) groups is 4. The average molecular weight is 606 g/mol. The quantitative estimate of drug-likeness (QED) is 0.213. The Balaban J connectivity index is 1.23. The molecule has 1 unspecified atom stereocenters. The first-order chi connectivity index (χ1) is 21.9. The van der Waals surface area contributed by atoms with Gasteiger partial charge < -0.3 is 24.2 Å². The molecule has 0 saturated heterocycles. The number of likely N-dealkylation sites (N-methyl/N-ethyl adjacent to an activating group) is 1. The molecule has 1 aliphatic rings. The first-order valence-electron chi connectivity index (χ1n) is 14.6. The number of pyridine rings is 1. The lowest BCUT2D eigenvalue weighted by molar-refractivity contribution is -0.122. The Hall–Kier alpha value is -5.71. The summed E-state index contributed by atoms with van der Waals surface area (Å²) in [6.07, 6.45) is 4.81. The Kier molecular flexibility index (Phi) is 8.41. The topological polar surface area (TPSA) is 135 Å². The van der Waals surface area contributed by atoms with Gasteiger partial charge in [0.2, 0.25) is 11.8 Å². The zero-order valence-electron chi connectivity index (χ0n) is 24.5. The maximum atomic E-state index is 13.9. The van der Waals surface area contributed by atoms with Gasteiger partial charge in [0.1, 0.15) is 24.0 Å². The number of nitrogens with one attached hydrogen (secondary N) is 2. The van der Waals surface area contributed by atoms with Gasteiger partial charge in [-0.1, -0.05) is 60.7 Å². The van der Waals surface area contributed by atoms with Gasteiger partial charge in [-0.2, -0.15) is 0 Å². The normalized spacial score (nSPS) is 13.2. The molecule has 11 nitrogen and oxygen atoms in total. The third-order valence-electron chi connectivity index (χ3n) is 7.54. The second-order valence-corrected chi connectivity index (χ2v) is 10.8. The summed E-state index contributed by atoms with van der Waals surface area (Å²) in [4.78, 5) is 57.9. The van der Waals surface area contributed by atoms with Crippen molar-refractivity contribution in [2.45, 2.75) is 32.0 Å². The van der Waals surface area contributed by atoms with Gasteiger partial charge in [-0.05, 0) is 48.1 Å². The van der Waals surface area contributed by atoms with Crippen molar-refractivity contribution >= 4 is 35.2 Å². The maximum absolute atomic E-state index is 13.9. The van der Waals surface area contributed by atoms with E-state index in [1.54, 1.807) is 28.8 Å². The third-order valence-corrected chi connectivity index (χ3v) is 7.54. The lowest BCUT2D eigenvalue weighted by Crippen LogP contribution is -2.47. The standard InChI is InChI=1S/C34H31N5O6/c1-35-32(41)30(24-12-13-24)37-31(40)27-15-17-29(45-27)39(18-22-8-4-2-5-9-22)33(42)26-20-38-19-25(14-16-28(38)36-26)34(43)44-21-23-10-6-3-7-11-23/h2-11,14-17,19-20,24,30H,12-13,18,21H2,1H3,(H,35,41)(H,37,40). The second-order valence-electron chi connectivity index (χ2n) is 10.8. The number of anilines is 1. The fourth-order valence-corrected chi connectivity index (χ4v) is 4.97. The summed E-state index contributed by atoms with van der Waals surface area (Å²) in [5.41, 5.74) is 2.57. The molecule has 2 aromatic carbocycles. The Labute approximate surface area is 258 Å². The summed E-state index contributed by atoms with van der Waals surface area (Å²) < 4.78 is 12.9. The van der Waals surface area contributed by atoms with Crippen molar-refractivity contribution < 1.29 is 28.3 Å². The van der Waals surface area contributed by atoms with Gasteiger partial charge in [0.25, 0.3) is 11.8 Å². The Morgan fingerprint density at radius 1 is 0.933 bits per heavy atom. The number of amides is 3. The van der Waals surface area contributed by atoms with Crippen LogP contribution in [0.3, 0.4) is 0 Å². The van der Waals surface area contributed by atoms with Crippen molar-refractivity contribution in [3.8, 4) is 0 Å². The van der Waals surface area contributed by atoms with Crippen LogP contribution >= 0.6 is 0 Å². The number of nitrogens with zero attached hydrogens (tertiary/aromatic N) is 3. The fourth-order valence-electron chi connectivity index (χ4n) is 4.97. The summed E-state index contributed by atoms with van der Waals surface area (Å²) >= 11 is 0. The first-order valence-corrected chi connectivity index (χ1v) is 14.6. The maximum Gasteiger partial charge on any atom is 0.339 e. The SMILES string of the molecule is CNC(=O)C(NC(=O)c1ccc(N(Cc2ccccc2)C(=O)c2cn3cc(C(=O)OCc4ccccc4)ccc3n2)o1)C1CC1. The zero-order valence-corrected chi connectivity index (χ0v) is 24.5. The number of aromatic nitrogens is 2. The van der Waals surface area contributed by atoms with Crippen LogP contribution in [0.1, 0.15) is 55.4 Å². The van der Waals surface area contributed by atoms with Crippen molar-refractivity contribution in [3.05, 3.63) is 125 Å². The smallest absolute Gasteiger partial charge is 0.339 e. The lowest BCUT2D eigenvalue weighted by atomic mass is 10.1. The monoisotopic (exact) mass is 605 g/mol. The van der Waals surface area contributed by atoms with Crippen molar-refractivity contribution in [3.63, 3.8) is 0 Å². The van der Waals surface area contributed by atoms with Gasteiger partial charge in [0, 0.05) is 25.5 Å². The number of esters is 1.